The van der Waals surface area contributed by atoms with Gasteiger partial charge in [-0.3, -0.25) is 4.84 Å². The van der Waals surface area contributed by atoms with Crippen LogP contribution >= 0.6 is 0 Å². The zero-order valence-corrected chi connectivity index (χ0v) is 10.8. The summed E-state index contributed by atoms with van der Waals surface area (Å²) in [4.78, 5) is 4.68. The van der Waals surface area contributed by atoms with E-state index in [4.69, 9.17) is 15.4 Å². The second kappa shape index (κ2) is 6.78. The van der Waals surface area contributed by atoms with Gasteiger partial charge < -0.3 is 9.47 Å². The average molecular weight is 259 g/mol. The van der Waals surface area contributed by atoms with E-state index in [0.717, 1.165) is 11.1 Å². The van der Waals surface area contributed by atoms with E-state index in [1.54, 1.807) is 7.11 Å². The topological polar surface area (TPSA) is 53.7 Å². The number of ether oxygens (including phenoxy) is 2. The van der Waals surface area contributed by atoms with Gasteiger partial charge in [-0.2, -0.15) is 0 Å². The van der Waals surface area contributed by atoms with Crippen molar-refractivity contribution in [2.75, 3.05) is 7.11 Å². The van der Waals surface area contributed by atoms with Crippen LogP contribution in [-0.2, 0) is 18.1 Å². The van der Waals surface area contributed by atoms with Crippen LogP contribution in [0.1, 0.15) is 11.1 Å². The van der Waals surface area contributed by atoms with Crippen molar-refractivity contribution in [3.63, 3.8) is 0 Å². The molecule has 2 rings (SSSR count). The van der Waals surface area contributed by atoms with Crippen molar-refractivity contribution in [1.29, 1.82) is 0 Å². The fourth-order valence-electron chi connectivity index (χ4n) is 1.82. The van der Waals surface area contributed by atoms with Crippen LogP contribution in [0.25, 0.3) is 0 Å². The molecule has 0 radical (unpaired) electrons. The van der Waals surface area contributed by atoms with Crippen molar-refractivity contribution >= 4 is 0 Å². The van der Waals surface area contributed by atoms with E-state index in [1.165, 1.54) is 0 Å². The van der Waals surface area contributed by atoms with E-state index < -0.39 is 0 Å². The molecular weight excluding hydrogens is 242 g/mol. The Morgan fingerprint density at radius 1 is 0.947 bits per heavy atom. The molecule has 0 amide bonds. The molecule has 2 aromatic rings. The predicted octanol–water partition coefficient (Wildman–Crippen LogP) is 2.66. The molecule has 0 aliphatic rings. The smallest absolute Gasteiger partial charge is 0.167 e. The van der Waals surface area contributed by atoms with Crippen molar-refractivity contribution in [3.8, 4) is 11.5 Å². The van der Waals surface area contributed by atoms with Crippen LogP contribution in [0.2, 0.25) is 0 Å². The Bertz CT molecular complexity index is 514. The summed E-state index contributed by atoms with van der Waals surface area (Å²) in [5.74, 6) is 6.47. The van der Waals surface area contributed by atoms with Gasteiger partial charge in [0.2, 0.25) is 0 Å². The van der Waals surface area contributed by atoms with Gasteiger partial charge in [0.05, 0.1) is 13.7 Å². The summed E-state index contributed by atoms with van der Waals surface area (Å²) in [6.07, 6.45) is 0. The molecule has 0 saturated heterocycles. The summed E-state index contributed by atoms with van der Waals surface area (Å²) in [7, 11) is 1.61. The minimum Gasteiger partial charge on any atom is -0.493 e. The van der Waals surface area contributed by atoms with E-state index in [0.29, 0.717) is 18.1 Å². The second-order valence-corrected chi connectivity index (χ2v) is 4.03. The average Bonchev–Trinajstić information content (AvgIpc) is 2.47. The highest BCUT2D eigenvalue weighted by atomic mass is 16.6. The highest BCUT2D eigenvalue weighted by molar-refractivity contribution is 5.46. The number of para-hydroxylation sites is 1. The molecule has 0 atom stereocenters. The molecule has 4 nitrogen and oxygen atoms in total. The lowest BCUT2D eigenvalue weighted by molar-refractivity contribution is 0.120. The molecule has 0 bridgehead atoms. The van der Waals surface area contributed by atoms with Gasteiger partial charge in [0.25, 0.3) is 0 Å². The molecule has 0 unspecified atom stereocenters. The van der Waals surface area contributed by atoms with Gasteiger partial charge in [-0.05, 0) is 11.6 Å². The Kier molecular flexibility index (Phi) is 4.78. The van der Waals surface area contributed by atoms with E-state index in [-0.39, 0.29) is 6.61 Å². The highest BCUT2D eigenvalue weighted by Crippen LogP contribution is 2.32. The van der Waals surface area contributed by atoms with Gasteiger partial charge in [0.1, 0.15) is 6.61 Å². The molecule has 0 heterocycles. The number of methoxy groups -OCH3 is 1. The number of hydrogen-bond acceptors (Lipinski definition) is 4. The summed E-state index contributed by atoms with van der Waals surface area (Å²) < 4.78 is 11.1. The summed E-state index contributed by atoms with van der Waals surface area (Å²) in [6.45, 7) is 0.750. The standard InChI is InChI=1S/C15H17NO3/c1-17-14-9-5-8-13(11-19-16)15(14)18-10-12-6-3-2-4-7-12/h2-9H,10-11,16H2,1H3. The monoisotopic (exact) mass is 259 g/mol. The molecule has 0 aliphatic heterocycles. The van der Waals surface area contributed by atoms with E-state index in [2.05, 4.69) is 4.84 Å². The Morgan fingerprint density at radius 2 is 1.74 bits per heavy atom. The Balaban J connectivity index is 2.17. The maximum atomic E-state index is 5.84. The Labute approximate surface area is 112 Å². The van der Waals surface area contributed by atoms with Crippen LogP contribution in [0.5, 0.6) is 11.5 Å². The third-order valence-electron chi connectivity index (χ3n) is 2.75. The van der Waals surface area contributed by atoms with Crippen molar-refractivity contribution in [3.05, 3.63) is 59.7 Å². The van der Waals surface area contributed by atoms with Crippen molar-refractivity contribution in [2.24, 2.45) is 5.90 Å². The first-order valence-corrected chi connectivity index (χ1v) is 5.99. The van der Waals surface area contributed by atoms with Gasteiger partial charge in [-0.15, -0.1) is 0 Å². The number of hydrogen-bond donors (Lipinski definition) is 1. The van der Waals surface area contributed by atoms with Gasteiger partial charge in [-0.1, -0.05) is 42.5 Å². The first kappa shape index (κ1) is 13.4. The molecule has 0 aliphatic carbocycles. The molecule has 2 aromatic carbocycles. The van der Waals surface area contributed by atoms with Crippen LogP contribution in [0.15, 0.2) is 48.5 Å². The normalized spacial score (nSPS) is 10.2. The summed E-state index contributed by atoms with van der Waals surface area (Å²) in [6, 6.07) is 15.6. The maximum Gasteiger partial charge on any atom is 0.167 e. The lowest BCUT2D eigenvalue weighted by Gasteiger charge is -2.14. The molecule has 0 spiro atoms. The summed E-state index contributed by atoms with van der Waals surface area (Å²) >= 11 is 0. The fraction of sp³-hybridized carbons (Fsp3) is 0.200. The third-order valence-corrected chi connectivity index (χ3v) is 2.75. The largest absolute Gasteiger partial charge is 0.493 e. The summed E-state index contributed by atoms with van der Waals surface area (Å²) in [5, 5.41) is 0. The molecule has 0 saturated carbocycles. The molecule has 0 fully saturated rings. The molecule has 19 heavy (non-hydrogen) atoms. The van der Waals surface area contributed by atoms with Crippen LogP contribution in [0.3, 0.4) is 0 Å². The van der Waals surface area contributed by atoms with Gasteiger partial charge in [-0.25, -0.2) is 5.90 Å². The number of rotatable bonds is 6. The SMILES string of the molecule is COc1cccc(CON)c1OCc1ccccc1. The van der Waals surface area contributed by atoms with Crippen LogP contribution in [0.4, 0.5) is 0 Å². The van der Waals surface area contributed by atoms with E-state index in [9.17, 15) is 0 Å². The second-order valence-electron chi connectivity index (χ2n) is 4.03. The predicted molar refractivity (Wildman–Crippen MR) is 72.7 cm³/mol. The highest BCUT2D eigenvalue weighted by Gasteiger charge is 2.10. The fourth-order valence-corrected chi connectivity index (χ4v) is 1.82. The van der Waals surface area contributed by atoms with E-state index >= 15 is 0 Å². The van der Waals surface area contributed by atoms with Crippen LogP contribution in [0, 0.1) is 0 Å². The maximum absolute atomic E-state index is 5.84. The van der Waals surface area contributed by atoms with Gasteiger partial charge in [0, 0.05) is 5.56 Å². The first-order valence-electron chi connectivity index (χ1n) is 5.99. The Morgan fingerprint density at radius 3 is 2.42 bits per heavy atom. The van der Waals surface area contributed by atoms with Crippen molar-refractivity contribution in [2.45, 2.75) is 13.2 Å². The molecule has 4 heteroatoms. The Hall–Kier alpha value is -2.04. The zero-order chi connectivity index (χ0) is 13.5. The number of nitrogens with two attached hydrogens (primary N) is 1. The molecule has 0 aromatic heterocycles. The third kappa shape index (κ3) is 3.47. The van der Waals surface area contributed by atoms with Gasteiger partial charge in [0.15, 0.2) is 11.5 Å². The lowest BCUT2D eigenvalue weighted by Crippen LogP contribution is -2.04. The molecule has 100 valence electrons. The van der Waals surface area contributed by atoms with Crippen LogP contribution in [-0.4, -0.2) is 7.11 Å². The number of benzene rings is 2. The minimum atomic E-state index is 0.279. The zero-order valence-electron chi connectivity index (χ0n) is 10.8. The van der Waals surface area contributed by atoms with Crippen molar-refractivity contribution < 1.29 is 14.3 Å². The van der Waals surface area contributed by atoms with E-state index in [1.807, 2.05) is 48.5 Å². The minimum absolute atomic E-state index is 0.279. The first-order chi connectivity index (χ1) is 9.35. The van der Waals surface area contributed by atoms with Crippen molar-refractivity contribution in [1.82, 2.24) is 0 Å². The lowest BCUT2D eigenvalue weighted by atomic mass is 10.2. The summed E-state index contributed by atoms with van der Waals surface area (Å²) in [5.41, 5.74) is 1.95. The molecule has 2 N–H and O–H groups in total. The van der Waals surface area contributed by atoms with Crippen LogP contribution < -0.4 is 15.4 Å². The quantitative estimate of drug-likeness (QED) is 0.810. The van der Waals surface area contributed by atoms with Gasteiger partial charge >= 0.3 is 0 Å². The molecular formula is C15H17NO3.